The number of quaternary nitrogens is 1. The predicted molar refractivity (Wildman–Crippen MR) is 97.1 cm³/mol. The van der Waals surface area contributed by atoms with Crippen molar-refractivity contribution in [3.63, 3.8) is 0 Å². The zero-order valence-electron chi connectivity index (χ0n) is 14.8. The molecule has 0 unspecified atom stereocenters. The van der Waals surface area contributed by atoms with Gasteiger partial charge in [0.15, 0.2) is 5.11 Å². The Morgan fingerprint density at radius 3 is 2.52 bits per heavy atom. The summed E-state index contributed by atoms with van der Waals surface area (Å²) >= 11 is 5.15. The highest BCUT2D eigenvalue weighted by atomic mass is 32.1. The zero-order chi connectivity index (χ0) is 18.6. The van der Waals surface area contributed by atoms with Gasteiger partial charge in [-0.25, -0.2) is 4.79 Å². The van der Waals surface area contributed by atoms with E-state index >= 15 is 0 Å². The van der Waals surface area contributed by atoms with Gasteiger partial charge in [0, 0.05) is 0 Å². The van der Waals surface area contributed by atoms with E-state index in [0.717, 1.165) is 11.6 Å². The summed E-state index contributed by atoms with van der Waals surface area (Å²) in [5.74, 6) is 0.248. The quantitative estimate of drug-likeness (QED) is 0.381. The van der Waals surface area contributed by atoms with E-state index in [-0.39, 0.29) is 5.11 Å². The standard InChI is InChI=1S/C16H23N5O3S/c1-16(11-5-7-12(24-4)8-6-11)13(22)21(15(23)18-16)19-14(25)17-9-10-20(2)3/h5-8H,9-10H2,1-4H3,(H,18,23)(H2,17,19,25)/p+1/t16-/m1/s1. The average Bonchev–Trinajstić information content (AvgIpc) is 2.79. The Morgan fingerprint density at radius 2 is 1.96 bits per heavy atom. The van der Waals surface area contributed by atoms with E-state index in [1.807, 2.05) is 14.1 Å². The van der Waals surface area contributed by atoms with Crippen molar-refractivity contribution >= 4 is 29.3 Å². The van der Waals surface area contributed by atoms with Gasteiger partial charge in [0.05, 0.1) is 34.3 Å². The molecule has 25 heavy (non-hydrogen) atoms. The predicted octanol–water partition coefficient (Wildman–Crippen LogP) is -1.01. The van der Waals surface area contributed by atoms with E-state index in [1.165, 1.54) is 4.90 Å². The monoisotopic (exact) mass is 366 g/mol. The fraction of sp³-hybridized carbons (Fsp3) is 0.438. The van der Waals surface area contributed by atoms with Gasteiger partial charge in [-0.2, -0.15) is 5.01 Å². The van der Waals surface area contributed by atoms with E-state index in [0.29, 0.717) is 17.9 Å². The molecular weight excluding hydrogens is 342 g/mol. The van der Waals surface area contributed by atoms with Crippen LogP contribution in [-0.4, -0.2) is 56.4 Å². The number of thiocarbonyl (C=S) groups is 1. The summed E-state index contributed by atoms with van der Waals surface area (Å²) in [4.78, 5) is 26.3. The maximum absolute atomic E-state index is 12.8. The number of carbonyl (C=O) groups is 2. The Hall–Kier alpha value is -2.39. The first-order valence-electron chi connectivity index (χ1n) is 7.92. The molecule has 4 N–H and O–H groups in total. The second-order valence-electron chi connectivity index (χ2n) is 6.25. The van der Waals surface area contributed by atoms with Crippen molar-refractivity contribution in [1.29, 1.82) is 0 Å². The van der Waals surface area contributed by atoms with Crippen molar-refractivity contribution in [3.05, 3.63) is 29.8 Å². The van der Waals surface area contributed by atoms with Crippen LogP contribution in [0.3, 0.4) is 0 Å². The molecule has 136 valence electrons. The third-order valence-electron chi connectivity index (χ3n) is 3.98. The molecule has 0 radical (unpaired) electrons. The van der Waals surface area contributed by atoms with Gasteiger partial charge in [-0.15, -0.1) is 0 Å². The minimum Gasteiger partial charge on any atom is -0.497 e. The zero-order valence-corrected chi connectivity index (χ0v) is 15.6. The number of nitrogens with one attached hydrogen (secondary N) is 4. The number of likely N-dealkylation sites (N-methyl/N-ethyl adjacent to an activating group) is 1. The summed E-state index contributed by atoms with van der Waals surface area (Å²) in [5.41, 5.74) is 2.15. The first-order chi connectivity index (χ1) is 11.8. The lowest BCUT2D eigenvalue weighted by Gasteiger charge is -2.23. The molecule has 9 heteroatoms. The van der Waals surface area contributed by atoms with Gasteiger partial charge in [-0.3, -0.25) is 10.2 Å². The van der Waals surface area contributed by atoms with Crippen LogP contribution in [-0.2, 0) is 10.3 Å². The normalized spacial score (nSPS) is 19.8. The number of imide groups is 1. The molecule has 0 saturated carbocycles. The largest absolute Gasteiger partial charge is 0.497 e. The van der Waals surface area contributed by atoms with Crippen molar-refractivity contribution < 1.29 is 19.2 Å². The van der Waals surface area contributed by atoms with Crippen LogP contribution in [0.1, 0.15) is 12.5 Å². The smallest absolute Gasteiger partial charge is 0.344 e. The number of ether oxygens (including phenoxy) is 1. The van der Waals surface area contributed by atoms with Crippen molar-refractivity contribution in [3.8, 4) is 5.75 Å². The first kappa shape index (κ1) is 18.9. The summed E-state index contributed by atoms with van der Waals surface area (Å²) in [6.45, 7) is 3.14. The van der Waals surface area contributed by atoms with Gasteiger partial charge in [0.2, 0.25) is 0 Å². The lowest BCUT2D eigenvalue weighted by molar-refractivity contribution is -0.856. The molecule has 1 aromatic rings. The fourth-order valence-electron chi connectivity index (χ4n) is 2.43. The van der Waals surface area contributed by atoms with Gasteiger partial charge in [-0.05, 0) is 36.8 Å². The summed E-state index contributed by atoms with van der Waals surface area (Å²) in [7, 11) is 5.61. The van der Waals surface area contributed by atoms with Gasteiger partial charge in [0.25, 0.3) is 5.91 Å². The molecule has 3 amide bonds. The number of carbonyl (C=O) groups excluding carboxylic acids is 2. The molecular formula is C16H24N5O3S+. The van der Waals surface area contributed by atoms with Crippen LogP contribution in [0.2, 0.25) is 0 Å². The van der Waals surface area contributed by atoms with Gasteiger partial charge < -0.3 is 20.3 Å². The Kier molecular flexibility index (Phi) is 5.81. The Morgan fingerprint density at radius 1 is 1.32 bits per heavy atom. The molecule has 0 bridgehead atoms. The molecule has 0 aliphatic carbocycles. The molecule has 1 saturated heterocycles. The maximum Gasteiger partial charge on any atom is 0.344 e. The molecule has 0 spiro atoms. The SMILES string of the molecule is COc1ccc([C@@]2(C)NC(=O)N(NC(=S)NCC[NH+](C)C)C2=O)cc1. The van der Waals surface area contributed by atoms with Crippen LogP contribution < -0.4 is 25.7 Å². The van der Waals surface area contributed by atoms with Gasteiger partial charge in [-0.1, -0.05) is 12.1 Å². The number of methoxy groups -OCH3 is 1. The molecule has 1 aliphatic heterocycles. The van der Waals surface area contributed by atoms with Crippen LogP contribution >= 0.6 is 12.2 Å². The van der Waals surface area contributed by atoms with Crippen molar-refractivity contribution in [1.82, 2.24) is 21.1 Å². The summed E-state index contributed by atoms with van der Waals surface area (Å²) in [5, 5.41) is 6.81. The minimum atomic E-state index is -1.17. The molecule has 1 fully saturated rings. The van der Waals surface area contributed by atoms with E-state index < -0.39 is 17.5 Å². The molecule has 2 rings (SSSR count). The highest BCUT2D eigenvalue weighted by Crippen LogP contribution is 2.29. The Bertz CT molecular complexity index is 664. The summed E-state index contributed by atoms with van der Waals surface area (Å²) in [6, 6.07) is 6.43. The summed E-state index contributed by atoms with van der Waals surface area (Å²) in [6.07, 6.45) is 0. The number of rotatable bonds is 6. The van der Waals surface area contributed by atoms with Crippen molar-refractivity contribution in [2.75, 3.05) is 34.3 Å². The molecule has 1 heterocycles. The maximum atomic E-state index is 12.8. The molecule has 1 aromatic carbocycles. The number of hydrogen-bond donors (Lipinski definition) is 4. The fourth-order valence-corrected chi connectivity index (χ4v) is 2.62. The van der Waals surface area contributed by atoms with Gasteiger partial charge in [0.1, 0.15) is 11.3 Å². The lowest BCUT2D eigenvalue weighted by Crippen LogP contribution is -3.06. The second-order valence-corrected chi connectivity index (χ2v) is 6.66. The van der Waals surface area contributed by atoms with E-state index in [4.69, 9.17) is 17.0 Å². The number of amides is 3. The molecule has 1 aliphatic rings. The first-order valence-corrected chi connectivity index (χ1v) is 8.33. The number of hydrazine groups is 1. The second kappa shape index (κ2) is 7.66. The van der Waals surface area contributed by atoms with E-state index in [2.05, 4.69) is 16.1 Å². The van der Waals surface area contributed by atoms with E-state index in [1.54, 1.807) is 38.3 Å². The molecule has 0 aromatic heterocycles. The number of urea groups is 1. The Balaban J connectivity index is 2.06. The number of hydrogen-bond acceptors (Lipinski definition) is 4. The summed E-state index contributed by atoms with van der Waals surface area (Å²) < 4.78 is 5.12. The topological polar surface area (TPSA) is 87.1 Å². The minimum absolute atomic E-state index is 0.226. The van der Waals surface area contributed by atoms with Gasteiger partial charge >= 0.3 is 6.03 Å². The number of benzene rings is 1. The van der Waals surface area contributed by atoms with Crippen LogP contribution in [0.5, 0.6) is 5.75 Å². The molecule has 1 atom stereocenters. The van der Waals surface area contributed by atoms with Crippen LogP contribution in [0, 0.1) is 0 Å². The highest BCUT2D eigenvalue weighted by molar-refractivity contribution is 7.80. The average molecular weight is 366 g/mol. The Labute approximate surface area is 152 Å². The number of nitrogens with zero attached hydrogens (tertiary/aromatic N) is 1. The van der Waals surface area contributed by atoms with Crippen molar-refractivity contribution in [2.24, 2.45) is 0 Å². The van der Waals surface area contributed by atoms with E-state index in [9.17, 15) is 9.59 Å². The third-order valence-corrected chi connectivity index (χ3v) is 4.22. The van der Waals surface area contributed by atoms with Crippen molar-refractivity contribution in [2.45, 2.75) is 12.5 Å². The van der Waals surface area contributed by atoms with Crippen LogP contribution in [0.4, 0.5) is 4.79 Å². The third kappa shape index (κ3) is 4.18. The lowest BCUT2D eigenvalue weighted by atomic mass is 9.92. The highest BCUT2D eigenvalue weighted by Gasteiger charge is 2.49. The van der Waals surface area contributed by atoms with Crippen LogP contribution in [0.25, 0.3) is 0 Å². The van der Waals surface area contributed by atoms with Crippen LogP contribution in [0.15, 0.2) is 24.3 Å². The molecule has 8 nitrogen and oxygen atoms in total.